The summed E-state index contributed by atoms with van der Waals surface area (Å²) in [5, 5.41) is 3.35. The highest BCUT2D eigenvalue weighted by Gasteiger charge is 2.21. The Hall–Kier alpha value is -2.64. The van der Waals surface area contributed by atoms with Gasteiger partial charge < -0.3 is 15.0 Å². The first kappa shape index (κ1) is 22.1. The van der Waals surface area contributed by atoms with Gasteiger partial charge in [0.25, 0.3) is 0 Å². The molecule has 0 unspecified atom stereocenters. The fourth-order valence-electron chi connectivity index (χ4n) is 3.36. The molecule has 2 aromatic rings. The second kappa shape index (κ2) is 10.4. The van der Waals surface area contributed by atoms with Crippen molar-refractivity contribution in [3.63, 3.8) is 0 Å². The van der Waals surface area contributed by atoms with Crippen molar-refractivity contribution >= 4 is 29.1 Å². The van der Waals surface area contributed by atoms with Gasteiger partial charge in [0, 0.05) is 44.2 Å². The third-order valence-electron chi connectivity index (χ3n) is 5.08. The molecule has 2 amide bonds. The van der Waals surface area contributed by atoms with Crippen molar-refractivity contribution in [3.8, 4) is 5.75 Å². The van der Waals surface area contributed by atoms with Gasteiger partial charge in [-0.3, -0.25) is 14.5 Å². The second-order valence-corrected chi connectivity index (χ2v) is 7.60. The van der Waals surface area contributed by atoms with Crippen LogP contribution in [0.5, 0.6) is 5.75 Å². The molecule has 30 heavy (non-hydrogen) atoms. The van der Waals surface area contributed by atoms with E-state index in [9.17, 15) is 14.0 Å². The van der Waals surface area contributed by atoms with Gasteiger partial charge in [-0.25, -0.2) is 4.39 Å². The number of rotatable bonds is 7. The summed E-state index contributed by atoms with van der Waals surface area (Å²) in [6, 6.07) is 11.1. The van der Waals surface area contributed by atoms with Crippen LogP contribution in [0, 0.1) is 5.82 Å². The molecular formula is C22H25ClFN3O3. The molecule has 0 saturated carbocycles. The lowest BCUT2D eigenvalue weighted by molar-refractivity contribution is -0.132. The molecular weight excluding hydrogens is 409 g/mol. The molecule has 8 heteroatoms. The van der Waals surface area contributed by atoms with Crippen LogP contribution in [-0.2, 0) is 16.0 Å². The van der Waals surface area contributed by atoms with Crippen molar-refractivity contribution in [2.24, 2.45) is 0 Å². The topological polar surface area (TPSA) is 61.9 Å². The van der Waals surface area contributed by atoms with Crippen LogP contribution in [0.15, 0.2) is 42.5 Å². The molecule has 1 saturated heterocycles. The summed E-state index contributed by atoms with van der Waals surface area (Å²) in [5.74, 6) is 0.163. The Labute approximate surface area is 180 Å². The number of hydrogen-bond donors (Lipinski definition) is 1. The number of ether oxygens (including phenoxy) is 1. The van der Waals surface area contributed by atoms with E-state index in [0.29, 0.717) is 55.6 Å². The van der Waals surface area contributed by atoms with Crippen molar-refractivity contribution in [3.05, 3.63) is 58.9 Å². The first-order chi connectivity index (χ1) is 14.4. The molecule has 3 rings (SSSR count). The summed E-state index contributed by atoms with van der Waals surface area (Å²) >= 11 is 5.99. The van der Waals surface area contributed by atoms with Gasteiger partial charge in [-0.2, -0.15) is 0 Å². The number of nitrogens with zero attached hydrogens (tertiary/aromatic N) is 2. The summed E-state index contributed by atoms with van der Waals surface area (Å²) < 4.78 is 18.2. The lowest BCUT2D eigenvalue weighted by Gasteiger charge is -2.34. The van der Waals surface area contributed by atoms with Crippen LogP contribution in [-0.4, -0.2) is 61.4 Å². The van der Waals surface area contributed by atoms with E-state index in [0.717, 1.165) is 5.56 Å². The van der Waals surface area contributed by atoms with Crippen LogP contribution in [0.3, 0.4) is 0 Å². The highest BCUT2D eigenvalue weighted by atomic mass is 35.5. The predicted octanol–water partition coefficient (Wildman–Crippen LogP) is 3.20. The monoisotopic (exact) mass is 433 g/mol. The smallest absolute Gasteiger partial charge is 0.227 e. The van der Waals surface area contributed by atoms with Gasteiger partial charge in [-0.15, -0.1) is 0 Å². The van der Waals surface area contributed by atoms with Crippen molar-refractivity contribution in [1.29, 1.82) is 0 Å². The Kier molecular flexibility index (Phi) is 7.65. The van der Waals surface area contributed by atoms with Crippen LogP contribution in [0.1, 0.15) is 12.0 Å². The van der Waals surface area contributed by atoms with Gasteiger partial charge in [0.05, 0.1) is 19.2 Å². The zero-order chi connectivity index (χ0) is 21.5. The van der Waals surface area contributed by atoms with Crippen LogP contribution < -0.4 is 10.1 Å². The molecule has 2 aromatic carbocycles. The number of hydrogen-bond acceptors (Lipinski definition) is 4. The SMILES string of the molecule is COc1ccc(Cl)cc1NC(=O)CCN1CCN(C(=O)Cc2ccc(F)cc2)CC1. The van der Waals surface area contributed by atoms with Crippen LogP contribution in [0.4, 0.5) is 10.1 Å². The maximum atomic E-state index is 13.0. The first-order valence-electron chi connectivity index (χ1n) is 9.82. The van der Waals surface area contributed by atoms with Gasteiger partial charge in [0.1, 0.15) is 11.6 Å². The Morgan fingerprint density at radius 2 is 1.80 bits per heavy atom. The van der Waals surface area contributed by atoms with E-state index in [4.69, 9.17) is 16.3 Å². The number of carbonyl (C=O) groups is 2. The standard InChI is InChI=1S/C22H25ClFN3O3/c1-30-20-7-4-17(23)15-19(20)25-21(28)8-9-26-10-12-27(13-11-26)22(29)14-16-2-5-18(24)6-3-16/h2-7,15H,8-14H2,1H3,(H,25,28). The van der Waals surface area contributed by atoms with Gasteiger partial charge in [-0.1, -0.05) is 23.7 Å². The molecule has 1 aliphatic rings. The van der Waals surface area contributed by atoms with Gasteiger partial charge in [-0.05, 0) is 35.9 Å². The largest absolute Gasteiger partial charge is 0.495 e. The van der Waals surface area contributed by atoms with Crippen molar-refractivity contribution in [2.75, 3.05) is 45.2 Å². The van der Waals surface area contributed by atoms with Crippen LogP contribution in [0.2, 0.25) is 5.02 Å². The number of carbonyl (C=O) groups excluding carboxylic acids is 2. The van der Waals surface area contributed by atoms with Crippen molar-refractivity contribution < 1.29 is 18.7 Å². The lowest BCUT2D eigenvalue weighted by atomic mass is 10.1. The number of nitrogens with one attached hydrogen (secondary N) is 1. The van der Waals surface area contributed by atoms with Crippen LogP contribution >= 0.6 is 11.6 Å². The first-order valence-corrected chi connectivity index (χ1v) is 10.2. The van der Waals surface area contributed by atoms with Crippen molar-refractivity contribution in [2.45, 2.75) is 12.8 Å². The summed E-state index contributed by atoms with van der Waals surface area (Å²) in [6.07, 6.45) is 0.601. The quantitative estimate of drug-likeness (QED) is 0.728. The normalized spacial score (nSPS) is 14.4. The van der Waals surface area contributed by atoms with E-state index in [1.807, 2.05) is 4.90 Å². The van der Waals surface area contributed by atoms with E-state index in [2.05, 4.69) is 10.2 Å². The number of amides is 2. The predicted molar refractivity (Wildman–Crippen MR) is 114 cm³/mol. The van der Waals surface area contributed by atoms with E-state index in [1.165, 1.54) is 19.2 Å². The lowest BCUT2D eigenvalue weighted by Crippen LogP contribution is -2.49. The Balaban J connectivity index is 1.41. The fourth-order valence-corrected chi connectivity index (χ4v) is 3.53. The summed E-state index contributed by atoms with van der Waals surface area (Å²) in [7, 11) is 1.54. The molecule has 1 N–H and O–H groups in total. The number of anilines is 1. The van der Waals surface area contributed by atoms with Crippen LogP contribution in [0.25, 0.3) is 0 Å². The van der Waals surface area contributed by atoms with Gasteiger partial charge in [0.2, 0.25) is 11.8 Å². The summed E-state index contributed by atoms with van der Waals surface area (Å²) in [5.41, 5.74) is 1.35. The van der Waals surface area contributed by atoms with Gasteiger partial charge in [0.15, 0.2) is 0 Å². The molecule has 0 radical (unpaired) electrons. The number of methoxy groups -OCH3 is 1. The minimum atomic E-state index is -0.308. The molecule has 1 fully saturated rings. The molecule has 6 nitrogen and oxygen atoms in total. The fraction of sp³-hybridized carbons (Fsp3) is 0.364. The summed E-state index contributed by atoms with van der Waals surface area (Å²) in [6.45, 7) is 3.26. The molecule has 0 aliphatic carbocycles. The Morgan fingerprint density at radius 1 is 1.10 bits per heavy atom. The molecule has 1 aliphatic heterocycles. The van der Waals surface area contributed by atoms with E-state index in [1.54, 1.807) is 30.3 Å². The second-order valence-electron chi connectivity index (χ2n) is 7.17. The minimum Gasteiger partial charge on any atom is -0.495 e. The molecule has 0 bridgehead atoms. The average molecular weight is 434 g/mol. The number of benzene rings is 2. The number of halogens is 2. The third kappa shape index (κ3) is 6.18. The Morgan fingerprint density at radius 3 is 2.47 bits per heavy atom. The number of piperazine rings is 1. The van der Waals surface area contributed by atoms with E-state index < -0.39 is 0 Å². The van der Waals surface area contributed by atoms with E-state index >= 15 is 0 Å². The third-order valence-corrected chi connectivity index (χ3v) is 5.32. The molecule has 0 atom stereocenters. The highest BCUT2D eigenvalue weighted by molar-refractivity contribution is 6.31. The van der Waals surface area contributed by atoms with Crippen molar-refractivity contribution in [1.82, 2.24) is 9.80 Å². The zero-order valence-electron chi connectivity index (χ0n) is 16.9. The van der Waals surface area contributed by atoms with Gasteiger partial charge >= 0.3 is 0 Å². The highest BCUT2D eigenvalue weighted by Crippen LogP contribution is 2.27. The Bertz CT molecular complexity index is 884. The molecule has 0 aromatic heterocycles. The summed E-state index contributed by atoms with van der Waals surface area (Å²) in [4.78, 5) is 28.7. The van der Waals surface area contributed by atoms with E-state index in [-0.39, 0.29) is 24.1 Å². The average Bonchev–Trinajstić information content (AvgIpc) is 2.74. The maximum Gasteiger partial charge on any atom is 0.227 e. The molecule has 1 heterocycles. The molecule has 160 valence electrons. The minimum absolute atomic E-state index is 0.0343. The maximum absolute atomic E-state index is 13.0. The molecule has 0 spiro atoms. The zero-order valence-corrected chi connectivity index (χ0v) is 17.6.